The highest BCUT2D eigenvalue weighted by atomic mass is 35.5. The van der Waals surface area contributed by atoms with Crippen LogP contribution in [0.4, 0.5) is 0 Å². The van der Waals surface area contributed by atoms with Gasteiger partial charge >= 0.3 is 0 Å². The van der Waals surface area contributed by atoms with Crippen LogP contribution in [0.25, 0.3) is 0 Å². The maximum absolute atomic E-state index is 6.35. The van der Waals surface area contributed by atoms with Gasteiger partial charge in [0.15, 0.2) is 0 Å². The van der Waals surface area contributed by atoms with E-state index in [4.69, 9.17) is 16.3 Å². The molecule has 1 saturated carbocycles. The Morgan fingerprint density at radius 2 is 2.00 bits per heavy atom. The van der Waals surface area contributed by atoms with Gasteiger partial charge in [0.25, 0.3) is 0 Å². The first-order valence-electron chi connectivity index (χ1n) is 7.77. The third-order valence-corrected chi connectivity index (χ3v) is 4.85. The molecule has 1 unspecified atom stereocenters. The molecule has 0 radical (unpaired) electrons. The highest BCUT2D eigenvalue weighted by molar-refractivity contribution is 6.32. The molecule has 0 spiro atoms. The Bertz CT molecular complexity index is 427. The zero-order chi connectivity index (χ0) is 14.5. The van der Waals surface area contributed by atoms with Gasteiger partial charge in [0.2, 0.25) is 0 Å². The Labute approximate surface area is 127 Å². The monoisotopic (exact) mass is 295 g/mol. The van der Waals surface area contributed by atoms with Crippen LogP contribution >= 0.6 is 11.6 Å². The number of ether oxygens (including phenoxy) is 1. The van der Waals surface area contributed by atoms with Crippen molar-refractivity contribution in [2.75, 3.05) is 7.05 Å². The summed E-state index contributed by atoms with van der Waals surface area (Å²) >= 11 is 6.35. The van der Waals surface area contributed by atoms with E-state index in [1.807, 2.05) is 19.2 Å². The van der Waals surface area contributed by atoms with E-state index in [1.54, 1.807) is 0 Å². The minimum absolute atomic E-state index is 0.307. The number of benzene rings is 1. The first-order chi connectivity index (χ1) is 9.63. The highest BCUT2D eigenvalue weighted by Crippen LogP contribution is 2.33. The summed E-state index contributed by atoms with van der Waals surface area (Å²) in [6, 6.07) is 6.43. The molecule has 0 aliphatic heterocycles. The van der Waals surface area contributed by atoms with E-state index < -0.39 is 0 Å². The van der Waals surface area contributed by atoms with Crippen LogP contribution < -0.4 is 10.1 Å². The molecule has 2 rings (SSSR count). The first kappa shape index (κ1) is 15.7. The number of nitrogens with one attached hydrogen (secondary N) is 1. The quantitative estimate of drug-likeness (QED) is 0.828. The minimum atomic E-state index is 0.307. The Morgan fingerprint density at radius 3 is 2.55 bits per heavy atom. The van der Waals surface area contributed by atoms with Gasteiger partial charge in [0.1, 0.15) is 5.75 Å². The largest absolute Gasteiger partial charge is 0.489 e. The van der Waals surface area contributed by atoms with Crippen molar-refractivity contribution in [3.63, 3.8) is 0 Å². The second-order valence-electron chi connectivity index (χ2n) is 5.87. The lowest BCUT2D eigenvalue weighted by Gasteiger charge is -2.28. The normalized spacial score (nSPS) is 24.4. The third-order valence-electron chi connectivity index (χ3n) is 4.55. The second kappa shape index (κ2) is 7.33. The molecule has 3 heteroatoms. The number of halogens is 1. The summed E-state index contributed by atoms with van der Waals surface area (Å²) in [6.45, 7) is 4.41. The van der Waals surface area contributed by atoms with Crippen LogP contribution in [0, 0.1) is 5.92 Å². The Balaban J connectivity index is 1.96. The van der Waals surface area contributed by atoms with Crippen LogP contribution in [0.3, 0.4) is 0 Å². The first-order valence-corrected chi connectivity index (χ1v) is 8.15. The molecule has 0 bridgehead atoms. The molecule has 1 aliphatic rings. The smallest absolute Gasteiger partial charge is 0.138 e. The fourth-order valence-corrected chi connectivity index (χ4v) is 3.12. The Hall–Kier alpha value is -0.730. The summed E-state index contributed by atoms with van der Waals surface area (Å²) in [6.07, 6.45) is 6.51. The average Bonchev–Trinajstić information content (AvgIpc) is 2.49. The van der Waals surface area contributed by atoms with Gasteiger partial charge in [0.05, 0.1) is 11.1 Å². The van der Waals surface area contributed by atoms with Gasteiger partial charge in [-0.15, -0.1) is 0 Å². The molecular formula is C17H26ClNO. The molecule has 1 aromatic rings. The van der Waals surface area contributed by atoms with E-state index >= 15 is 0 Å². The van der Waals surface area contributed by atoms with Crippen LogP contribution in [-0.2, 0) is 0 Å². The fraction of sp³-hybridized carbons (Fsp3) is 0.647. The van der Waals surface area contributed by atoms with E-state index in [1.165, 1.54) is 24.8 Å². The van der Waals surface area contributed by atoms with E-state index in [2.05, 4.69) is 25.2 Å². The van der Waals surface area contributed by atoms with Gasteiger partial charge in [-0.05, 0) is 63.3 Å². The van der Waals surface area contributed by atoms with Crippen molar-refractivity contribution in [3.8, 4) is 5.75 Å². The van der Waals surface area contributed by atoms with E-state index in [0.29, 0.717) is 12.1 Å². The Kier molecular flexibility index (Phi) is 5.74. The molecule has 1 aliphatic carbocycles. The molecule has 0 amide bonds. The second-order valence-corrected chi connectivity index (χ2v) is 6.28. The number of hydrogen-bond acceptors (Lipinski definition) is 2. The number of rotatable bonds is 5. The molecule has 2 nitrogen and oxygen atoms in total. The van der Waals surface area contributed by atoms with Crippen LogP contribution in [0.15, 0.2) is 18.2 Å². The molecule has 1 fully saturated rings. The van der Waals surface area contributed by atoms with Gasteiger partial charge in [-0.25, -0.2) is 0 Å². The van der Waals surface area contributed by atoms with Gasteiger partial charge in [-0.2, -0.15) is 0 Å². The fourth-order valence-electron chi connectivity index (χ4n) is 2.89. The molecule has 0 heterocycles. The lowest BCUT2D eigenvalue weighted by Crippen LogP contribution is -2.24. The molecule has 1 N–H and O–H groups in total. The van der Waals surface area contributed by atoms with Gasteiger partial charge in [0, 0.05) is 6.04 Å². The van der Waals surface area contributed by atoms with Crippen molar-refractivity contribution in [2.45, 2.75) is 58.1 Å². The maximum Gasteiger partial charge on any atom is 0.138 e. The van der Waals surface area contributed by atoms with Crippen molar-refractivity contribution in [1.29, 1.82) is 0 Å². The van der Waals surface area contributed by atoms with Crippen molar-refractivity contribution in [1.82, 2.24) is 5.32 Å². The maximum atomic E-state index is 6.35. The van der Waals surface area contributed by atoms with E-state index in [0.717, 1.165) is 29.5 Å². The van der Waals surface area contributed by atoms with Crippen LogP contribution in [0.1, 0.15) is 57.6 Å². The van der Waals surface area contributed by atoms with Crippen LogP contribution in [-0.4, -0.2) is 13.2 Å². The zero-order valence-electron chi connectivity index (χ0n) is 12.8. The predicted octanol–water partition coefficient (Wildman–Crippen LogP) is 4.97. The summed E-state index contributed by atoms with van der Waals surface area (Å²) in [5.74, 6) is 1.72. The molecule has 20 heavy (non-hydrogen) atoms. The van der Waals surface area contributed by atoms with E-state index in [9.17, 15) is 0 Å². The summed E-state index contributed by atoms with van der Waals surface area (Å²) in [7, 11) is 1.95. The molecule has 0 aromatic heterocycles. The van der Waals surface area contributed by atoms with Crippen LogP contribution in [0.2, 0.25) is 5.02 Å². The van der Waals surface area contributed by atoms with Crippen molar-refractivity contribution < 1.29 is 4.74 Å². The van der Waals surface area contributed by atoms with Crippen molar-refractivity contribution in [3.05, 3.63) is 28.8 Å². The zero-order valence-corrected chi connectivity index (χ0v) is 13.5. The molecule has 1 atom stereocenters. The summed E-state index contributed by atoms with van der Waals surface area (Å²) in [5.41, 5.74) is 1.19. The van der Waals surface area contributed by atoms with Crippen molar-refractivity contribution in [2.24, 2.45) is 5.92 Å². The average molecular weight is 296 g/mol. The SMILES string of the molecule is CCC1CCC(Oc2ccc(C(C)NC)cc2Cl)CC1. The molecule has 0 saturated heterocycles. The lowest BCUT2D eigenvalue weighted by molar-refractivity contribution is 0.130. The van der Waals surface area contributed by atoms with Gasteiger partial charge < -0.3 is 10.1 Å². The molecular weight excluding hydrogens is 270 g/mol. The van der Waals surface area contributed by atoms with Crippen LogP contribution in [0.5, 0.6) is 5.75 Å². The summed E-state index contributed by atoms with van der Waals surface area (Å²) < 4.78 is 6.09. The number of hydrogen-bond donors (Lipinski definition) is 1. The summed E-state index contributed by atoms with van der Waals surface area (Å²) in [5, 5.41) is 3.95. The lowest BCUT2D eigenvalue weighted by atomic mass is 9.86. The molecule has 1 aromatic carbocycles. The minimum Gasteiger partial charge on any atom is -0.489 e. The third kappa shape index (κ3) is 3.89. The van der Waals surface area contributed by atoms with E-state index in [-0.39, 0.29) is 0 Å². The molecule has 112 valence electrons. The summed E-state index contributed by atoms with van der Waals surface area (Å²) in [4.78, 5) is 0. The van der Waals surface area contributed by atoms with Crippen molar-refractivity contribution >= 4 is 11.6 Å². The predicted molar refractivity (Wildman–Crippen MR) is 85.6 cm³/mol. The Morgan fingerprint density at radius 1 is 1.30 bits per heavy atom. The van der Waals surface area contributed by atoms with Gasteiger partial charge in [-0.3, -0.25) is 0 Å². The topological polar surface area (TPSA) is 21.3 Å². The van der Waals surface area contributed by atoms with Gasteiger partial charge in [-0.1, -0.05) is 31.0 Å². The highest BCUT2D eigenvalue weighted by Gasteiger charge is 2.22. The standard InChI is InChI=1S/C17H26ClNO/c1-4-13-5-8-15(9-6-13)20-17-10-7-14(11-16(17)18)12(2)19-3/h7,10-13,15,19H,4-6,8-9H2,1-3H3.